The first-order valence-corrected chi connectivity index (χ1v) is 17.4. The lowest BCUT2D eigenvalue weighted by Gasteiger charge is -2.50. The van der Waals surface area contributed by atoms with E-state index in [2.05, 4.69) is 62.3 Å². The van der Waals surface area contributed by atoms with Crippen LogP contribution < -0.4 is 0 Å². The number of unbranched alkanes of at least 4 members (excludes halogenated alkanes) is 2. The van der Waals surface area contributed by atoms with Crippen molar-refractivity contribution in [3.63, 3.8) is 0 Å². The lowest BCUT2D eigenvalue weighted by Crippen LogP contribution is -2.50. The molecule has 0 aliphatic carbocycles. The topological polar surface area (TPSA) is 97.4 Å². The van der Waals surface area contributed by atoms with Crippen LogP contribution in [0.5, 0.6) is 0 Å². The Morgan fingerprint density at radius 2 is 1.17 bits per heavy atom. The Labute approximate surface area is 282 Å². The minimum absolute atomic E-state index is 0.0397. The van der Waals surface area contributed by atoms with Crippen molar-refractivity contribution in [2.24, 2.45) is 33.0 Å². The summed E-state index contributed by atoms with van der Waals surface area (Å²) in [6.07, 6.45) is 4.44. The predicted octanol–water partition coefficient (Wildman–Crippen LogP) is 8.62. The summed E-state index contributed by atoms with van der Waals surface area (Å²) < 4.78 is 28.2. The zero-order valence-electron chi connectivity index (χ0n) is 32.7. The molecule has 0 aromatic rings. The van der Waals surface area contributed by atoms with E-state index in [0.717, 1.165) is 19.3 Å². The van der Waals surface area contributed by atoms with Gasteiger partial charge < -0.3 is 23.7 Å². The highest BCUT2D eigenvalue weighted by atomic mass is 16.6. The molecule has 0 fully saturated rings. The molecule has 0 aromatic heterocycles. The van der Waals surface area contributed by atoms with Gasteiger partial charge in [-0.2, -0.15) is 0 Å². The van der Waals surface area contributed by atoms with Gasteiger partial charge in [0.1, 0.15) is 18.8 Å². The average molecular weight is 657 g/mol. The van der Waals surface area contributed by atoms with Crippen molar-refractivity contribution in [3.8, 4) is 0 Å². The predicted molar refractivity (Wildman–Crippen MR) is 186 cm³/mol. The molecule has 0 radical (unpaired) electrons. The summed E-state index contributed by atoms with van der Waals surface area (Å²) in [6, 6.07) is 0. The number of hydrogen-bond acceptors (Lipinski definition) is 8. The molecule has 0 spiro atoms. The van der Waals surface area contributed by atoms with Crippen LogP contribution in [-0.2, 0) is 38.1 Å². The molecular formula is C38H72O8. The molecule has 3 atom stereocenters. The minimum Gasteiger partial charge on any atom is -0.463 e. The van der Waals surface area contributed by atoms with Crippen LogP contribution in [-0.4, -0.2) is 69.6 Å². The molecule has 0 saturated carbocycles. The third-order valence-electron chi connectivity index (χ3n) is 9.88. The first-order valence-electron chi connectivity index (χ1n) is 17.4. The van der Waals surface area contributed by atoms with Gasteiger partial charge in [-0.05, 0) is 89.4 Å². The fraction of sp³-hybridized carbons (Fsp3) is 0.921. The van der Waals surface area contributed by atoms with Crippen molar-refractivity contribution in [1.29, 1.82) is 0 Å². The number of ketones is 1. The van der Waals surface area contributed by atoms with E-state index in [9.17, 15) is 14.4 Å². The second-order valence-electron chi connectivity index (χ2n) is 17.4. The van der Waals surface area contributed by atoms with Gasteiger partial charge in [0.05, 0.1) is 30.1 Å². The standard InChI is InChI=1S/C38H72O8/c1-28(2)43-21-19-17-18-20-30(39)36(12,13)46-25-24-45-32(41)38(15,34(7,8)9)27-35(10,11)29(3)37(14,26-33(4,5)6)31(40)44-23-22-42-16/h28-29H,17-27H2,1-16H3. The summed E-state index contributed by atoms with van der Waals surface area (Å²) in [7, 11) is 1.58. The zero-order valence-corrected chi connectivity index (χ0v) is 32.7. The smallest absolute Gasteiger partial charge is 0.312 e. The molecule has 0 saturated heterocycles. The van der Waals surface area contributed by atoms with Crippen LogP contribution in [0.2, 0.25) is 0 Å². The van der Waals surface area contributed by atoms with Crippen LogP contribution >= 0.6 is 0 Å². The lowest BCUT2D eigenvalue weighted by molar-refractivity contribution is -0.173. The third kappa shape index (κ3) is 14.3. The summed E-state index contributed by atoms with van der Waals surface area (Å²) in [4.78, 5) is 40.3. The second-order valence-corrected chi connectivity index (χ2v) is 17.4. The number of rotatable bonds is 22. The molecule has 0 aliphatic heterocycles. The number of methoxy groups -OCH3 is 1. The molecule has 0 rings (SSSR count). The third-order valence-corrected chi connectivity index (χ3v) is 9.88. The number of carbonyl (C=O) groups is 3. The molecule has 272 valence electrons. The van der Waals surface area contributed by atoms with Gasteiger partial charge in [0.15, 0.2) is 5.78 Å². The van der Waals surface area contributed by atoms with Crippen molar-refractivity contribution in [2.45, 2.75) is 154 Å². The van der Waals surface area contributed by atoms with Gasteiger partial charge in [-0.1, -0.05) is 68.7 Å². The van der Waals surface area contributed by atoms with Crippen LogP contribution in [0.25, 0.3) is 0 Å². The summed E-state index contributed by atoms with van der Waals surface area (Å²) in [5, 5.41) is 0. The highest BCUT2D eigenvalue weighted by molar-refractivity contribution is 5.86. The Morgan fingerprint density at radius 3 is 1.67 bits per heavy atom. The molecular weight excluding hydrogens is 584 g/mol. The van der Waals surface area contributed by atoms with Crippen molar-refractivity contribution >= 4 is 17.7 Å². The lowest BCUT2D eigenvalue weighted by atomic mass is 9.53. The number of esters is 2. The first-order chi connectivity index (χ1) is 20.8. The van der Waals surface area contributed by atoms with Gasteiger partial charge in [-0.3, -0.25) is 14.4 Å². The van der Waals surface area contributed by atoms with E-state index in [1.165, 1.54) is 0 Å². The molecule has 8 nitrogen and oxygen atoms in total. The van der Waals surface area contributed by atoms with E-state index >= 15 is 0 Å². The number of Topliss-reactive ketones (excluding diaryl/α,β-unsaturated/α-hetero) is 1. The van der Waals surface area contributed by atoms with Crippen LogP contribution in [0.1, 0.15) is 142 Å². The Kier molecular flexibility index (Phi) is 17.7. The number of carbonyl (C=O) groups excluding carboxylic acids is 3. The first kappa shape index (κ1) is 44.5. The zero-order chi connectivity index (χ0) is 36.2. The highest BCUT2D eigenvalue weighted by Crippen LogP contribution is 2.55. The van der Waals surface area contributed by atoms with E-state index in [1.807, 2.05) is 27.7 Å². The minimum atomic E-state index is -0.957. The Hall–Kier alpha value is -1.51. The molecule has 3 unspecified atom stereocenters. The van der Waals surface area contributed by atoms with Crippen molar-refractivity contribution < 1.29 is 38.1 Å². The summed E-state index contributed by atoms with van der Waals surface area (Å²) in [5.41, 5.74) is -3.60. The quantitative estimate of drug-likeness (QED) is 0.0844. The van der Waals surface area contributed by atoms with E-state index in [4.69, 9.17) is 23.7 Å². The van der Waals surface area contributed by atoms with E-state index in [1.54, 1.807) is 21.0 Å². The molecule has 0 amide bonds. The van der Waals surface area contributed by atoms with Crippen molar-refractivity contribution in [3.05, 3.63) is 0 Å². The van der Waals surface area contributed by atoms with Crippen molar-refractivity contribution in [1.82, 2.24) is 0 Å². The van der Waals surface area contributed by atoms with Gasteiger partial charge in [0.2, 0.25) is 0 Å². The number of ether oxygens (including phenoxy) is 5. The van der Waals surface area contributed by atoms with Crippen LogP contribution in [0.4, 0.5) is 0 Å². The normalized spacial score (nSPS) is 16.5. The van der Waals surface area contributed by atoms with Crippen LogP contribution in [0.3, 0.4) is 0 Å². The summed E-state index contributed by atoms with van der Waals surface area (Å²) in [6.45, 7) is 31.9. The summed E-state index contributed by atoms with van der Waals surface area (Å²) in [5.74, 6) is -0.633. The maximum Gasteiger partial charge on any atom is 0.312 e. The molecule has 0 bridgehead atoms. The molecule has 0 N–H and O–H groups in total. The van der Waals surface area contributed by atoms with Gasteiger partial charge in [0.25, 0.3) is 0 Å². The highest BCUT2D eigenvalue weighted by Gasteiger charge is 2.54. The van der Waals surface area contributed by atoms with Gasteiger partial charge in [-0.25, -0.2) is 0 Å². The monoisotopic (exact) mass is 657 g/mol. The Morgan fingerprint density at radius 1 is 0.630 bits per heavy atom. The van der Waals surface area contributed by atoms with Crippen molar-refractivity contribution in [2.75, 3.05) is 40.1 Å². The fourth-order valence-corrected chi connectivity index (χ4v) is 6.31. The van der Waals surface area contributed by atoms with E-state index < -0.39 is 27.3 Å². The van der Waals surface area contributed by atoms with Crippen LogP contribution in [0, 0.1) is 33.0 Å². The molecule has 46 heavy (non-hydrogen) atoms. The fourth-order valence-electron chi connectivity index (χ4n) is 6.31. The molecule has 0 aromatic carbocycles. The summed E-state index contributed by atoms with van der Waals surface area (Å²) >= 11 is 0. The molecule has 0 aliphatic rings. The Balaban J connectivity index is 5.58. The van der Waals surface area contributed by atoms with Gasteiger partial charge in [0, 0.05) is 20.1 Å². The maximum atomic E-state index is 13.9. The maximum absolute atomic E-state index is 13.9. The number of hydrogen-bond donors (Lipinski definition) is 0. The average Bonchev–Trinajstić information content (AvgIpc) is 2.90. The van der Waals surface area contributed by atoms with Crippen LogP contribution in [0.15, 0.2) is 0 Å². The Bertz CT molecular complexity index is 939. The van der Waals surface area contributed by atoms with Gasteiger partial charge >= 0.3 is 11.9 Å². The van der Waals surface area contributed by atoms with Gasteiger partial charge in [-0.15, -0.1) is 0 Å². The SMILES string of the molecule is COCCOC(=O)C(C)(CC(C)(C)C)C(C)C(C)(C)CC(C)(C(=O)OCCOC(C)(C)C(=O)CCCCCOC(C)C)C(C)(C)C. The molecule has 8 heteroatoms. The second kappa shape index (κ2) is 18.3. The molecule has 0 heterocycles. The van der Waals surface area contributed by atoms with E-state index in [0.29, 0.717) is 32.5 Å². The largest absolute Gasteiger partial charge is 0.463 e. The van der Waals surface area contributed by atoms with E-state index in [-0.39, 0.29) is 55.0 Å².